The van der Waals surface area contributed by atoms with Gasteiger partial charge in [0.15, 0.2) is 0 Å². The van der Waals surface area contributed by atoms with Gasteiger partial charge in [-0.1, -0.05) is 36.4 Å². The molecular weight excluding hydrogens is 412 g/mol. The lowest BCUT2D eigenvalue weighted by atomic mass is 10.1. The molecule has 0 aliphatic heterocycles. The van der Waals surface area contributed by atoms with E-state index in [9.17, 15) is 4.79 Å². The predicted octanol–water partition coefficient (Wildman–Crippen LogP) is 5.23. The summed E-state index contributed by atoms with van der Waals surface area (Å²) in [6.07, 6.45) is 2.77. The molecule has 1 aromatic heterocycles. The number of guanidine groups is 1. The van der Waals surface area contributed by atoms with Crippen LogP contribution >= 0.6 is 0 Å². The third-order valence-electron chi connectivity index (χ3n) is 5.75. The number of methoxy groups -OCH3 is 1. The Hall–Kier alpha value is -4.06. The average Bonchev–Trinajstić information content (AvgIpc) is 3.25. The minimum absolute atomic E-state index is 0.252. The number of nitrogens with zero attached hydrogens (tertiary/aromatic N) is 1. The molecule has 1 amide bonds. The Kier molecular flexibility index (Phi) is 6.74. The minimum atomic E-state index is -0.252. The van der Waals surface area contributed by atoms with Crippen molar-refractivity contribution in [2.75, 3.05) is 19.0 Å². The van der Waals surface area contributed by atoms with Gasteiger partial charge < -0.3 is 15.0 Å². The first-order chi connectivity index (χ1) is 16.0. The van der Waals surface area contributed by atoms with Crippen molar-refractivity contribution < 1.29 is 9.53 Å². The summed E-state index contributed by atoms with van der Waals surface area (Å²) in [7, 11) is 1.58. The molecule has 4 aromatic rings. The Bertz CT molecular complexity index is 1310. The molecule has 0 atom stereocenters. The van der Waals surface area contributed by atoms with Crippen LogP contribution in [0.4, 0.5) is 5.69 Å². The number of hydrogen-bond acceptors (Lipinski definition) is 3. The van der Waals surface area contributed by atoms with E-state index in [1.807, 2.05) is 37.4 Å². The molecule has 0 fully saturated rings. The van der Waals surface area contributed by atoms with Crippen molar-refractivity contribution in [2.24, 2.45) is 4.99 Å². The minimum Gasteiger partial charge on any atom is -0.497 e. The highest BCUT2D eigenvalue weighted by Gasteiger charge is 2.12. The standard InChI is InChI=1S/C27H28N4O2/c1-18-8-6-13-24(19(18)2)30-27(31-26(32)20-9-7-10-22(16-20)33-3)28-15-14-21-17-29-25-12-5-4-11-23(21)25/h4-13,16-17,29H,14-15H2,1-3H3,(H2,28,30,31,32). The van der Waals surface area contributed by atoms with Gasteiger partial charge in [0, 0.05) is 34.9 Å². The number of aromatic amines is 1. The fourth-order valence-corrected chi connectivity index (χ4v) is 3.70. The molecule has 1 heterocycles. The lowest BCUT2D eigenvalue weighted by Crippen LogP contribution is -2.36. The lowest BCUT2D eigenvalue weighted by Gasteiger charge is -2.15. The first kappa shape index (κ1) is 22.1. The van der Waals surface area contributed by atoms with Gasteiger partial charge >= 0.3 is 0 Å². The highest BCUT2D eigenvalue weighted by Crippen LogP contribution is 2.19. The number of H-pyrrole nitrogens is 1. The maximum atomic E-state index is 12.9. The predicted molar refractivity (Wildman–Crippen MR) is 134 cm³/mol. The van der Waals surface area contributed by atoms with Gasteiger partial charge in [0.05, 0.1) is 7.11 Å². The second-order valence-electron chi connectivity index (χ2n) is 7.90. The van der Waals surface area contributed by atoms with Gasteiger partial charge in [-0.3, -0.25) is 15.1 Å². The molecule has 4 rings (SSSR count). The number of amides is 1. The number of carbonyl (C=O) groups is 1. The van der Waals surface area contributed by atoms with E-state index in [2.05, 4.69) is 40.7 Å². The summed E-state index contributed by atoms with van der Waals surface area (Å²) in [6.45, 7) is 4.63. The maximum Gasteiger partial charge on any atom is 0.258 e. The van der Waals surface area contributed by atoms with E-state index in [4.69, 9.17) is 9.73 Å². The van der Waals surface area contributed by atoms with Crippen LogP contribution in [0.15, 0.2) is 77.9 Å². The van der Waals surface area contributed by atoms with Crippen molar-refractivity contribution in [3.63, 3.8) is 0 Å². The number of aliphatic imine (C=N–C) groups is 1. The number of ether oxygens (including phenoxy) is 1. The van der Waals surface area contributed by atoms with Crippen LogP contribution in [0.1, 0.15) is 27.0 Å². The summed E-state index contributed by atoms with van der Waals surface area (Å²) in [5.41, 5.74) is 5.99. The molecule has 0 unspecified atom stereocenters. The van der Waals surface area contributed by atoms with Crippen molar-refractivity contribution >= 4 is 28.5 Å². The maximum absolute atomic E-state index is 12.9. The number of hydrogen-bond donors (Lipinski definition) is 3. The Morgan fingerprint density at radius 3 is 2.70 bits per heavy atom. The van der Waals surface area contributed by atoms with Crippen molar-refractivity contribution in [3.8, 4) is 5.75 Å². The molecule has 6 nitrogen and oxygen atoms in total. The number of anilines is 1. The third-order valence-corrected chi connectivity index (χ3v) is 5.75. The first-order valence-electron chi connectivity index (χ1n) is 10.9. The smallest absolute Gasteiger partial charge is 0.258 e. The Morgan fingerprint density at radius 1 is 1.03 bits per heavy atom. The van der Waals surface area contributed by atoms with Crippen molar-refractivity contribution in [2.45, 2.75) is 20.3 Å². The molecule has 6 heteroatoms. The van der Waals surface area contributed by atoms with Gasteiger partial charge in [0.1, 0.15) is 5.75 Å². The second-order valence-corrected chi connectivity index (χ2v) is 7.90. The number of nitrogens with one attached hydrogen (secondary N) is 3. The zero-order valence-corrected chi connectivity index (χ0v) is 19.1. The molecule has 3 N–H and O–H groups in total. The van der Waals surface area contributed by atoms with Crippen LogP contribution in [-0.4, -0.2) is 30.5 Å². The highest BCUT2D eigenvalue weighted by molar-refractivity contribution is 6.10. The van der Waals surface area contributed by atoms with Crippen molar-refractivity contribution in [1.82, 2.24) is 10.3 Å². The van der Waals surface area contributed by atoms with Crippen LogP contribution in [-0.2, 0) is 6.42 Å². The van der Waals surface area contributed by atoms with Crippen LogP contribution in [0.25, 0.3) is 10.9 Å². The molecule has 0 spiro atoms. The van der Waals surface area contributed by atoms with Gasteiger partial charge in [-0.15, -0.1) is 0 Å². The van der Waals surface area contributed by atoms with Crippen molar-refractivity contribution in [1.29, 1.82) is 0 Å². The summed E-state index contributed by atoms with van der Waals surface area (Å²) in [5.74, 6) is 0.789. The lowest BCUT2D eigenvalue weighted by molar-refractivity contribution is 0.0976. The molecule has 0 aliphatic carbocycles. The summed E-state index contributed by atoms with van der Waals surface area (Å²) in [6, 6.07) is 21.3. The highest BCUT2D eigenvalue weighted by atomic mass is 16.5. The summed E-state index contributed by atoms with van der Waals surface area (Å²) in [4.78, 5) is 20.9. The van der Waals surface area contributed by atoms with Crippen LogP contribution < -0.4 is 15.4 Å². The Labute approximate surface area is 193 Å². The zero-order chi connectivity index (χ0) is 23.2. The van der Waals surface area contributed by atoms with E-state index in [0.717, 1.165) is 28.8 Å². The van der Waals surface area contributed by atoms with Crippen LogP contribution in [0, 0.1) is 13.8 Å². The number of benzene rings is 3. The first-order valence-corrected chi connectivity index (χ1v) is 10.9. The molecular formula is C27H28N4O2. The molecule has 3 aromatic carbocycles. The SMILES string of the molecule is COc1cccc(C(=O)NC(=NCCc2c[nH]c3ccccc23)Nc2cccc(C)c2C)c1. The normalized spacial score (nSPS) is 11.4. The largest absolute Gasteiger partial charge is 0.497 e. The van der Waals surface area contributed by atoms with E-state index in [0.29, 0.717) is 23.8 Å². The molecule has 0 saturated carbocycles. The van der Waals surface area contributed by atoms with Crippen LogP contribution in [0.2, 0.25) is 0 Å². The number of aryl methyl sites for hydroxylation is 1. The van der Waals surface area contributed by atoms with E-state index in [1.165, 1.54) is 10.9 Å². The molecule has 33 heavy (non-hydrogen) atoms. The average molecular weight is 441 g/mol. The van der Waals surface area contributed by atoms with E-state index in [-0.39, 0.29) is 5.91 Å². The molecule has 0 bridgehead atoms. The number of para-hydroxylation sites is 1. The van der Waals surface area contributed by atoms with Gasteiger partial charge in [0.2, 0.25) is 5.96 Å². The molecule has 168 valence electrons. The summed E-state index contributed by atoms with van der Waals surface area (Å²) < 4.78 is 5.25. The zero-order valence-electron chi connectivity index (χ0n) is 19.1. The topological polar surface area (TPSA) is 78.5 Å². The van der Waals surface area contributed by atoms with Gasteiger partial charge in [0.25, 0.3) is 5.91 Å². The molecule has 0 saturated heterocycles. The number of fused-ring (bicyclic) bond motifs is 1. The molecule has 0 aliphatic rings. The van der Waals surface area contributed by atoms with E-state index < -0.39 is 0 Å². The number of aromatic nitrogens is 1. The second kappa shape index (κ2) is 10.0. The third kappa shape index (κ3) is 5.23. The van der Waals surface area contributed by atoms with Crippen molar-refractivity contribution in [3.05, 3.63) is 95.2 Å². The van der Waals surface area contributed by atoms with Crippen LogP contribution in [0.5, 0.6) is 5.75 Å². The Balaban J connectivity index is 1.55. The monoisotopic (exact) mass is 440 g/mol. The van der Waals surface area contributed by atoms with E-state index in [1.54, 1.807) is 31.4 Å². The van der Waals surface area contributed by atoms with Gasteiger partial charge in [-0.25, -0.2) is 0 Å². The number of carbonyl (C=O) groups excluding carboxylic acids is 1. The van der Waals surface area contributed by atoms with Gasteiger partial charge in [-0.05, 0) is 67.3 Å². The molecule has 0 radical (unpaired) electrons. The van der Waals surface area contributed by atoms with Crippen LogP contribution in [0.3, 0.4) is 0 Å². The Morgan fingerprint density at radius 2 is 1.85 bits per heavy atom. The summed E-state index contributed by atoms with van der Waals surface area (Å²) >= 11 is 0. The van der Waals surface area contributed by atoms with Gasteiger partial charge in [-0.2, -0.15) is 0 Å². The number of rotatable bonds is 6. The fraction of sp³-hybridized carbons (Fsp3) is 0.185. The quantitative estimate of drug-likeness (QED) is 0.284. The summed E-state index contributed by atoms with van der Waals surface area (Å²) in [5, 5.41) is 7.44. The van der Waals surface area contributed by atoms with E-state index >= 15 is 0 Å². The fourth-order valence-electron chi connectivity index (χ4n) is 3.70.